The number of fused-ring (bicyclic) bond motifs is 1. The molecule has 0 bridgehead atoms. The van der Waals surface area contributed by atoms with Gasteiger partial charge in [-0.1, -0.05) is 51.0 Å². The molecule has 0 fully saturated rings. The number of hydrogen-bond acceptors (Lipinski definition) is 6. The van der Waals surface area contributed by atoms with Crippen molar-refractivity contribution in [1.82, 2.24) is 24.2 Å². The van der Waals surface area contributed by atoms with E-state index in [1.54, 1.807) is 35.0 Å². The third kappa shape index (κ3) is 5.95. The van der Waals surface area contributed by atoms with Crippen molar-refractivity contribution in [2.45, 2.75) is 25.6 Å². The molecule has 0 aliphatic heterocycles. The number of benzene rings is 2. The summed E-state index contributed by atoms with van der Waals surface area (Å²) in [5.41, 5.74) is 4.03. The van der Waals surface area contributed by atoms with E-state index in [1.807, 2.05) is 78.4 Å². The van der Waals surface area contributed by atoms with Gasteiger partial charge in [0.05, 0.1) is 10.6 Å². The van der Waals surface area contributed by atoms with Crippen molar-refractivity contribution in [2.75, 3.05) is 32.5 Å². The zero-order valence-electron chi connectivity index (χ0n) is 21.4. The van der Waals surface area contributed by atoms with Crippen molar-refractivity contribution in [3.8, 4) is 11.3 Å². The van der Waals surface area contributed by atoms with E-state index < -0.39 is 10.0 Å². The lowest BCUT2D eigenvalue weighted by atomic mass is 9.75. The molecule has 0 aliphatic carbocycles. The van der Waals surface area contributed by atoms with Gasteiger partial charge < -0.3 is 10.2 Å². The largest absolute Gasteiger partial charge is 0.340 e. The number of rotatable bonds is 10. The fourth-order valence-corrected chi connectivity index (χ4v) is 5.42. The molecule has 1 radical (unpaired) electrons. The Balaban J connectivity index is 1.58. The highest BCUT2D eigenvalue weighted by Gasteiger charge is 2.23. The van der Waals surface area contributed by atoms with Gasteiger partial charge in [0, 0.05) is 36.6 Å². The van der Waals surface area contributed by atoms with Crippen LogP contribution in [-0.4, -0.2) is 62.4 Å². The van der Waals surface area contributed by atoms with Crippen LogP contribution in [0.1, 0.15) is 13.8 Å². The Bertz CT molecular complexity index is 1430. The van der Waals surface area contributed by atoms with Gasteiger partial charge in [-0.15, -0.1) is 0 Å². The second kappa shape index (κ2) is 10.4. The molecule has 0 unspecified atom stereocenters. The molecule has 0 amide bonds. The second-order valence-electron chi connectivity index (χ2n) is 9.89. The Morgan fingerprint density at radius 2 is 1.75 bits per heavy atom. The fourth-order valence-electron chi connectivity index (χ4n) is 4.18. The molecule has 0 aliphatic rings. The van der Waals surface area contributed by atoms with Gasteiger partial charge in [0.15, 0.2) is 12.9 Å². The summed E-state index contributed by atoms with van der Waals surface area (Å²) in [6, 6.07) is 18.6. The minimum Gasteiger partial charge on any atom is -0.340 e. The van der Waals surface area contributed by atoms with Crippen LogP contribution >= 0.6 is 0 Å². The van der Waals surface area contributed by atoms with Gasteiger partial charge in [0.1, 0.15) is 5.82 Å². The van der Waals surface area contributed by atoms with Crippen molar-refractivity contribution in [3.63, 3.8) is 0 Å². The van der Waals surface area contributed by atoms with E-state index in [-0.39, 0.29) is 10.3 Å². The van der Waals surface area contributed by atoms with Crippen molar-refractivity contribution >= 4 is 39.9 Å². The van der Waals surface area contributed by atoms with E-state index in [4.69, 9.17) is 4.98 Å². The van der Waals surface area contributed by atoms with E-state index in [0.717, 1.165) is 40.4 Å². The van der Waals surface area contributed by atoms with E-state index in [0.29, 0.717) is 6.54 Å². The number of nitrogens with zero attached hydrogens (tertiary/aromatic N) is 4. The fraction of sp³-hybridized carbons (Fsp3) is 0.308. The molecule has 187 valence electrons. The first kappa shape index (κ1) is 25.9. The molecular weight excluding hydrogens is 471 g/mol. The maximum absolute atomic E-state index is 12.9. The highest BCUT2D eigenvalue weighted by molar-refractivity contribution is 7.89. The maximum Gasteiger partial charge on any atom is 0.240 e. The third-order valence-electron chi connectivity index (χ3n) is 5.80. The number of aromatic nitrogens is 3. The lowest BCUT2D eigenvalue weighted by Crippen LogP contribution is -2.39. The van der Waals surface area contributed by atoms with Crippen LogP contribution in [0.2, 0.25) is 6.82 Å². The highest BCUT2D eigenvalue weighted by Crippen LogP contribution is 2.25. The number of anilines is 2. The molecule has 0 spiro atoms. The van der Waals surface area contributed by atoms with Crippen LogP contribution in [0.25, 0.3) is 16.9 Å². The summed E-state index contributed by atoms with van der Waals surface area (Å²) in [6.45, 7) is 7.16. The second-order valence-corrected chi connectivity index (χ2v) is 11.7. The van der Waals surface area contributed by atoms with E-state index in [1.165, 1.54) is 0 Å². The number of sulfonamides is 1. The maximum atomic E-state index is 12.9. The third-order valence-corrected chi connectivity index (χ3v) is 7.22. The minimum atomic E-state index is -3.62. The normalized spacial score (nSPS) is 12.3. The predicted molar refractivity (Wildman–Crippen MR) is 147 cm³/mol. The Labute approximate surface area is 214 Å². The first-order chi connectivity index (χ1) is 17.1. The molecule has 0 atom stereocenters. The van der Waals surface area contributed by atoms with Crippen molar-refractivity contribution in [3.05, 3.63) is 66.9 Å². The SMILES string of the molecule is C[B]c1cnn2c(Nc3ccc(S(=O)(=O)NCC(C)(C)CN(C)C)cc3)cc(-c3ccccc3)nc12. The zero-order chi connectivity index (χ0) is 25.9. The molecule has 4 aromatic rings. The van der Waals surface area contributed by atoms with Crippen LogP contribution in [0.3, 0.4) is 0 Å². The molecule has 0 saturated heterocycles. The monoisotopic (exact) mass is 503 g/mol. The van der Waals surface area contributed by atoms with Crippen molar-refractivity contribution in [2.24, 2.45) is 5.41 Å². The number of hydrogen-bond donors (Lipinski definition) is 2. The lowest BCUT2D eigenvalue weighted by molar-refractivity contribution is 0.242. The highest BCUT2D eigenvalue weighted by atomic mass is 32.2. The quantitative estimate of drug-likeness (QED) is 0.323. The van der Waals surface area contributed by atoms with E-state index in [2.05, 4.69) is 20.0 Å². The van der Waals surface area contributed by atoms with Gasteiger partial charge in [-0.3, -0.25) is 0 Å². The molecule has 2 heterocycles. The molecule has 36 heavy (non-hydrogen) atoms. The summed E-state index contributed by atoms with van der Waals surface area (Å²) >= 11 is 0. The van der Waals surface area contributed by atoms with Gasteiger partial charge in [0.25, 0.3) is 0 Å². The molecule has 4 rings (SSSR count). The number of nitrogens with one attached hydrogen (secondary N) is 2. The molecule has 0 saturated carbocycles. The summed E-state index contributed by atoms with van der Waals surface area (Å²) < 4.78 is 30.3. The van der Waals surface area contributed by atoms with Gasteiger partial charge in [-0.25, -0.2) is 18.1 Å². The van der Waals surface area contributed by atoms with E-state index >= 15 is 0 Å². The minimum absolute atomic E-state index is 0.195. The van der Waals surface area contributed by atoms with Crippen LogP contribution in [-0.2, 0) is 10.0 Å². The summed E-state index contributed by atoms with van der Waals surface area (Å²) in [4.78, 5) is 7.10. The first-order valence-electron chi connectivity index (χ1n) is 11.8. The Hall–Kier alpha value is -3.21. The van der Waals surface area contributed by atoms with Crippen LogP contribution in [0, 0.1) is 5.41 Å². The average Bonchev–Trinajstić information content (AvgIpc) is 3.26. The van der Waals surface area contributed by atoms with Crippen molar-refractivity contribution < 1.29 is 8.42 Å². The lowest BCUT2D eigenvalue weighted by Gasteiger charge is -2.28. The summed E-state index contributed by atoms with van der Waals surface area (Å²) in [7, 11) is 2.30. The predicted octanol–water partition coefficient (Wildman–Crippen LogP) is 3.38. The zero-order valence-corrected chi connectivity index (χ0v) is 22.2. The van der Waals surface area contributed by atoms with Gasteiger partial charge >= 0.3 is 0 Å². The van der Waals surface area contributed by atoms with Crippen LogP contribution < -0.4 is 15.5 Å². The molecule has 2 aromatic carbocycles. The van der Waals surface area contributed by atoms with Crippen molar-refractivity contribution in [1.29, 1.82) is 0 Å². The van der Waals surface area contributed by atoms with Gasteiger partial charge in [-0.05, 0) is 49.2 Å². The van der Waals surface area contributed by atoms with Crippen LogP contribution in [0.4, 0.5) is 11.5 Å². The van der Waals surface area contributed by atoms with Crippen LogP contribution in [0.15, 0.2) is 71.8 Å². The molecule has 2 aromatic heterocycles. The molecular formula is C26H32BN6O2S. The van der Waals surface area contributed by atoms with Gasteiger partial charge in [-0.2, -0.15) is 9.61 Å². The van der Waals surface area contributed by atoms with Crippen LogP contribution in [0.5, 0.6) is 0 Å². The standard InChI is InChI=1S/C26H32BN6O2S/c1-26(2,18-32(4)5)17-29-36(34,35)21-13-11-20(12-14-21)30-24-15-23(19-9-7-6-8-10-19)31-25-22(27-3)16-28-33(24)25/h6-16,29-30H,17-18H2,1-5H3. The summed E-state index contributed by atoms with van der Waals surface area (Å²) in [5.74, 6) is 0.728. The molecule has 8 nitrogen and oxygen atoms in total. The average molecular weight is 503 g/mol. The smallest absolute Gasteiger partial charge is 0.240 e. The first-order valence-corrected chi connectivity index (χ1v) is 13.3. The molecule has 2 N–H and O–H groups in total. The van der Waals surface area contributed by atoms with Gasteiger partial charge in [0.2, 0.25) is 10.0 Å². The topological polar surface area (TPSA) is 91.6 Å². The molecule has 10 heteroatoms. The summed E-state index contributed by atoms with van der Waals surface area (Å²) in [6.07, 6.45) is 1.78. The summed E-state index contributed by atoms with van der Waals surface area (Å²) in [5, 5.41) is 7.87. The van der Waals surface area contributed by atoms with E-state index in [9.17, 15) is 8.42 Å². The Morgan fingerprint density at radius 3 is 2.39 bits per heavy atom. The Morgan fingerprint density at radius 1 is 1.06 bits per heavy atom. The Kier molecular flexibility index (Phi) is 7.49.